The summed E-state index contributed by atoms with van der Waals surface area (Å²) >= 11 is 0. The molecule has 0 amide bonds. The van der Waals surface area contributed by atoms with E-state index in [1.807, 2.05) is 0 Å². The maximum atomic E-state index is 10.8. The van der Waals surface area contributed by atoms with Crippen molar-refractivity contribution in [2.45, 2.75) is 0 Å². The van der Waals surface area contributed by atoms with Gasteiger partial charge in [-0.1, -0.05) is 12.1 Å². The summed E-state index contributed by atoms with van der Waals surface area (Å²) in [7, 11) is -3.75. The zero-order valence-corrected chi connectivity index (χ0v) is 9.03. The molecular weight excluding hydrogens is 228 g/mol. The van der Waals surface area contributed by atoms with Crippen LogP contribution in [-0.4, -0.2) is 13.5 Å². The van der Waals surface area contributed by atoms with E-state index in [1.54, 1.807) is 30.3 Å². The molecule has 2 rings (SSSR count). The van der Waals surface area contributed by atoms with Gasteiger partial charge in [0.15, 0.2) is 0 Å². The van der Waals surface area contributed by atoms with Crippen molar-refractivity contribution in [2.24, 2.45) is 5.14 Å². The van der Waals surface area contributed by atoms with Crippen LogP contribution in [0.3, 0.4) is 0 Å². The summed E-state index contributed by atoms with van der Waals surface area (Å²) in [6, 6.07) is 9.73. The summed E-state index contributed by atoms with van der Waals surface area (Å²) in [5.41, 5.74) is 0.390. The van der Waals surface area contributed by atoms with Crippen molar-refractivity contribution in [3.63, 3.8) is 0 Å². The van der Waals surface area contributed by atoms with Crippen LogP contribution in [0.1, 0.15) is 0 Å². The highest BCUT2D eigenvalue weighted by Gasteiger charge is 2.03. The highest BCUT2D eigenvalue weighted by atomic mass is 32.2. The number of phenols is 1. The predicted octanol–water partition coefficient (Wildman–Crippen LogP) is 1.16. The highest BCUT2D eigenvalue weighted by molar-refractivity contribution is 7.90. The van der Waals surface area contributed by atoms with Crippen LogP contribution in [0, 0.1) is 0 Å². The summed E-state index contributed by atoms with van der Waals surface area (Å²) in [6.45, 7) is 0. The van der Waals surface area contributed by atoms with Gasteiger partial charge in [0.25, 0.3) is 10.2 Å². The van der Waals surface area contributed by atoms with Gasteiger partial charge in [-0.2, -0.15) is 8.42 Å². The Labute approximate surface area is 92.7 Å². The lowest BCUT2D eigenvalue weighted by molar-refractivity contribution is 0.476. The van der Waals surface area contributed by atoms with E-state index < -0.39 is 10.2 Å². The normalized spacial score (nSPS) is 11.6. The minimum Gasteiger partial charge on any atom is -0.508 e. The van der Waals surface area contributed by atoms with Gasteiger partial charge in [-0.3, -0.25) is 4.72 Å². The first-order chi connectivity index (χ1) is 7.44. The molecule has 0 bridgehead atoms. The molecule has 0 saturated heterocycles. The van der Waals surface area contributed by atoms with Gasteiger partial charge in [-0.15, -0.1) is 0 Å². The van der Waals surface area contributed by atoms with Crippen molar-refractivity contribution >= 4 is 26.7 Å². The Kier molecular flexibility index (Phi) is 2.45. The molecule has 0 spiro atoms. The second-order valence-corrected chi connectivity index (χ2v) is 4.69. The number of benzene rings is 2. The molecule has 2 aromatic rings. The molecule has 16 heavy (non-hydrogen) atoms. The van der Waals surface area contributed by atoms with E-state index in [0.717, 1.165) is 10.8 Å². The molecule has 0 aliphatic carbocycles. The largest absolute Gasteiger partial charge is 0.508 e. The monoisotopic (exact) mass is 238 g/mol. The third-order valence-corrected chi connectivity index (χ3v) is 2.60. The van der Waals surface area contributed by atoms with Crippen LogP contribution < -0.4 is 9.86 Å². The van der Waals surface area contributed by atoms with Crippen LogP contribution in [0.15, 0.2) is 36.4 Å². The molecule has 0 aliphatic heterocycles. The molecule has 0 saturated carbocycles. The third-order valence-electron chi connectivity index (χ3n) is 2.08. The fourth-order valence-electron chi connectivity index (χ4n) is 1.46. The highest BCUT2D eigenvalue weighted by Crippen LogP contribution is 2.23. The Bertz CT molecular complexity index is 638. The molecule has 2 aromatic carbocycles. The molecule has 0 atom stereocenters. The molecular formula is C10H10N2O3S. The van der Waals surface area contributed by atoms with Gasteiger partial charge in [0, 0.05) is 0 Å². The van der Waals surface area contributed by atoms with Crippen LogP contribution in [-0.2, 0) is 10.2 Å². The van der Waals surface area contributed by atoms with E-state index in [-0.39, 0.29) is 5.75 Å². The standard InChI is InChI=1S/C10H10N2O3S/c11-16(14,15)12-9-3-1-8-6-10(13)4-2-7(8)5-9/h1-6,12-13H,(H2,11,14,15). The van der Waals surface area contributed by atoms with E-state index >= 15 is 0 Å². The minimum absolute atomic E-state index is 0.166. The first-order valence-corrected chi connectivity index (χ1v) is 6.02. The summed E-state index contributed by atoms with van der Waals surface area (Å²) in [6.07, 6.45) is 0. The van der Waals surface area contributed by atoms with Gasteiger partial charge >= 0.3 is 0 Å². The second kappa shape index (κ2) is 3.66. The second-order valence-electron chi connectivity index (χ2n) is 3.39. The Morgan fingerprint density at radius 1 is 1.06 bits per heavy atom. The molecule has 0 radical (unpaired) electrons. The van der Waals surface area contributed by atoms with E-state index in [0.29, 0.717) is 5.69 Å². The molecule has 0 unspecified atom stereocenters. The maximum absolute atomic E-state index is 10.8. The molecule has 0 heterocycles. The van der Waals surface area contributed by atoms with E-state index in [2.05, 4.69) is 4.72 Å². The van der Waals surface area contributed by atoms with Gasteiger partial charge in [-0.25, -0.2) is 5.14 Å². The van der Waals surface area contributed by atoms with Crippen molar-refractivity contribution in [1.29, 1.82) is 0 Å². The van der Waals surface area contributed by atoms with Crippen LogP contribution in [0.4, 0.5) is 5.69 Å². The molecule has 0 aliphatic rings. The van der Waals surface area contributed by atoms with E-state index in [9.17, 15) is 13.5 Å². The number of nitrogens with one attached hydrogen (secondary N) is 1. The minimum atomic E-state index is -3.75. The van der Waals surface area contributed by atoms with Crippen LogP contribution >= 0.6 is 0 Å². The molecule has 6 heteroatoms. The topological polar surface area (TPSA) is 92.4 Å². The van der Waals surface area contributed by atoms with Gasteiger partial charge in [0.05, 0.1) is 5.69 Å². The fraction of sp³-hybridized carbons (Fsp3) is 0. The number of fused-ring (bicyclic) bond motifs is 1. The summed E-state index contributed by atoms with van der Waals surface area (Å²) < 4.78 is 23.8. The van der Waals surface area contributed by atoms with Gasteiger partial charge in [-0.05, 0) is 35.0 Å². The van der Waals surface area contributed by atoms with Crippen molar-refractivity contribution < 1.29 is 13.5 Å². The van der Waals surface area contributed by atoms with Gasteiger partial charge in [0.2, 0.25) is 0 Å². The third kappa shape index (κ3) is 2.41. The van der Waals surface area contributed by atoms with Crippen LogP contribution in [0.5, 0.6) is 5.75 Å². The zero-order valence-electron chi connectivity index (χ0n) is 8.21. The molecule has 0 fully saturated rings. The number of rotatable bonds is 2. The Morgan fingerprint density at radius 2 is 1.69 bits per heavy atom. The number of nitrogens with two attached hydrogens (primary N) is 1. The molecule has 4 N–H and O–H groups in total. The number of anilines is 1. The maximum Gasteiger partial charge on any atom is 0.296 e. The zero-order chi connectivity index (χ0) is 11.8. The quantitative estimate of drug-likeness (QED) is 0.733. The van der Waals surface area contributed by atoms with Crippen molar-refractivity contribution in [1.82, 2.24) is 0 Å². The SMILES string of the molecule is NS(=O)(=O)Nc1ccc2cc(O)ccc2c1. The predicted molar refractivity (Wildman–Crippen MR) is 62.3 cm³/mol. The lowest BCUT2D eigenvalue weighted by atomic mass is 10.1. The van der Waals surface area contributed by atoms with Gasteiger partial charge < -0.3 is 5.11 Å². The summed E-state index contributed by atoms with van der Waals surface area (Å²) in [4.78, 5) is 0. The Hall–Kier alpha value is -1.79. The van der Waals surface area contributed by atoms with Crippen molar-refractivity contribution in [3.8, 4) is 5.75 Å². The summed E-state index contributed by atoms with van der Waals surface area (Å²) in [5, 5.41) is 15.7. The Balaban J connectivity index is 2.49. The van der Waals surface area contributed by atoms with Crippen LogP contribution in [0.25, 0.3) is 10.8 Å². The average molecular weight is 238 g/mol. The molecule has 84 valence electrons. The number of aromatic hydroxyl groups is 1. The van der Waals surface area contributed by atoms with Gasteiger partial charge in [0.1, 0.15) is 5.75 Å². The van der Waals surface area contributed by atoms with E-state index in [4.69, 9.17) is 5.14 Å². The lowest BCUT2D eigenvalue weighted by Gasteiger charge is -2.05. The number of hydrogen-bond donors (Lipinski definition) is 3. The smallest absolute Gasteiger partial charge is 0.296 e. The lowest BCUT2D eigenvalue weighted by Crippen LogP contribution is -2.21. The van der Waals surface area contributed by atoms with Crippen molar-refractivity contribution in [2.75, 3.05) is 4.72 Å². The number of hydrogen-bond acceptors (Lipinski definition) is 3. The van der Waals surface area contributed by atoms with Crippen LogP contribution in [0.2, 0.25) is 0 Å². The summed E-state index contributed by atoms with van der Waals surface area (Å²) in [5.74, 6) is 0.166. The first-order valence-electron chi connectivity index (χ1n) is 4.47. The van der Waals surface area contributed by atoms with Crippen molar-refractivity contribution in [3.05, 3.63) is 36.4 Å². The average Bonchev–Trinajstić information content (AvgIpc) is 2.16. The first kappa shape index (κ1) is 10.7. The number of phenolic OH excluding ortho intramolecular Hbond substituents is 1. The molecule has 0 aromatic heterocycles. The molecule has 5 nitrogen and oxygen atoms in total. The Morgan fingerprint density at radius 3 is 2.38 bits per heavy atom. The van der Waals surface area contributed by atoms with E-state index in [1.165, 1.54) is 6.07 Å². The fourth-order valence-corrected chi connectivity index (χ4v) is 1.92.